The van der Waals surface area contributed by atoms with Gasteiger partial charge in [0.15, 0.2) is 5.65 Å². The van der Waals surface area contributed by atoms with Crippen molar-refractivity contribution in [2.24, 2.45) is 0 Å². The first-order valence-electron chi connectivity index (χ1n) is 5.06. The molecule has 0 atom stereocenters. The number of nitrogens with zero attached hydrogens (tertiary/aromatic N) is 3. The number of H-pyrrole nitrogens is 1. The van der Waals surface area contributed by atoms with Crippen LogP contribution >= 0.6 is 38.9 Å². The van der Waals surface area contributed by atoms with Crippen LogP contribution in [0.2, 0.25) is 5.28 Å². The van der Waals surface area contributed by atoms with E-state index in [1.54, 1.807) is 17.5 Å². The van der Waals surface area contributed by atoms with Crippen molar-refractivity contribution in [2.45, 2.75) is 6.54 Å². The van der Waals surface area contributed by atoms with E-state index in [1.165, 1.54) is 4.88 Å². The molecule has 5 nitrogen and oxygen atoms in total. The first kappa shape index (κ1) is 11.9. The lowest BCUT2D eigenvalue weighted by molar-refractivity contribution is 1.08. The minimum Gasteiger partial charge on any atom is -0.364 e. The standard InChI is InChI=1S/C10H7BrClN5S/c11-6-1-2-18-7(6)4-13-8-5-3-14-17-9(5)16-10(12)15-8/h1-3H,4H2,(H2,13,14,15,16,17). The van der Waals surface area contributed by atoms with Gasteiger partial charge in [-0.1, -0.05) is 0 Å². The Kier molecular flexibility index (Phi) is 3.19. The van der Waals surface area contributed by atoms with E-state index < -0.39 is 0 Å². The first-order valence-corrected chi connectivity index (χ1v) is 7.11. The van der Waals surface area contributed by atoms with Gasteiger partial charge in [-0.2, -0.15) is 15.1 Å². The molecule has 0 radical (unpaired) electrons. The fraction of sp³-hybridized carbons (Fsp3) is 0.100. The predicted molar refractivity (Wildman–Crippen MR) is 76.0 cm³/mol. The predicted octanol–water partition coefficient (Wildman–Crippen LogP) is 3.44. The second-order valence-electron chi connectivity index (χ2n) is 3.52. The number of aromatic nitrogens is 4. The summed E-state index contributed by atoms with van der Waals surface area (Å²) >= 11 is 11.0. The fourth-order valence-electron chi connectivity index (χ4n) is 1.56. The van der Waals surface area contributed by atoms with Gasteiger partial charge in [-0.05, 0) is 39.0 Å². The number of rotatable bonds is 3. The molecule has 0 saturated heterocycles. The molecule has 0 bridgehead atoms. The van der Waals surface area contributed by atoms with Crippen LogP contribution in [0.3, 0.4) is 0 Å². The van der Waals surface area contributed by atoms with Gasteiger partial charge in [0.2, 0.25) is 5.28 Å². The van der Waals surface area contributed by atoms with Gasteiger partial charge in [-0.3, -0.25) is 5.10 Å². The summed E-state index contributed by atoms with van der Waals surface area (Å²) in [6.07, 6.45) is 1.68. The van der Waals surface area contributed by atoms with Crippen molar-refractivity contribution in [3.63, 3.8) is 0 Å². The number of hydrogen-bond donors (Lipinski definition) is 2. The second-order valence-corrected chi connectivity index (χ2v) is 5.71. The molecule has 92 valence electrons. The van der Waals surface area contributed by atoms with E-state index in [9.17, 15) is 0 Å². The van der Waals surface area contributed by atoms with Gasteiger partial charge >= 0.3 is 0 Å². The third-order valence-electron chi connectivity index (χ3n) is 2.39. The molecule has 2 N–H and O–H groups in total. The van der Waals surface area contributed by atoms with Crippen molar-refractivity contribution in [3.8, 4) is 0 Å². The number of thiophene rings is 1. The summed E-state index contributed by atoms with van der Waals surface area (Å²) in [5.74, 6) is 0.680. The lowest BCUT2D eigenvalue weighted by Gasteiger charge is -2.05. The molecule has 18 heavy (non-hydrogen) atoms. The Labute approximate surface area is 120 Å². The van der Waals surface area contributed by atoms with Crippen LogP contribution in [0.25, 0.3) is 11.0 Å². The Morgan fingerprint density at radius 2 is 2.33 bits per heavy atom. The molecule has 0 aliphatic carbocycles. The lowest BCUT2D eigenvalue weighted by atomic mass is 10.4. The normalized spacial score (nSPS) is 11.0. The van der Waals surface area contributed by atoms with Crippen LogP contribution in [0.15, 0.2) is 22.1 Å². The highest BCUT2D eigenvalue weighted by molar-refractivity contribution is 9.10. The van der Waals surface area contributed by atoms with Crippen LogP contribution in [0, 0.1) is 0 Å². The second kappa shape index (κ2) is 4.83. The van der Waals surface area contributed by atoms with E-state index in [1.807, 2.05) is 11.4 Å². The van der Waals surface area contributed by atoms with E-state index in [2.05, 4.69) is 41.4 Å². The van der Waals surface area contributed by atoms with E-state index in [4.69, 9.17) is 11.6 Å². The van der Waals surface area contributed by atoms with Crippen molar-refractivity contribution in [1.82, 2.24) is 20.2 Å². The molecule has 3 rings (SSSR count). The Balaban J connectivity index is 1.90. The van der Waals surface area contributed by atoms with Crippen molar-refractivity contribution in [3.05, 3.63) is 32.3 Å². The molecule has 0 amide bonds. The summed E-state index contributed by atoms with van der Waals surface area (Å²) in [4.78, 5) is 9.42. The monoisotopic (exact) mass is 343 g/mol. The van der Waals surface area contributed by atoms with Crippen molar-refractivity contribution in [1.29, 1.82) is 0 Å². The average Bonchev–Trinajstić information content (AvgIpc) is 2.94. The maximum atomic E-state index is 5.86. The first-order chi connectivity index (χ1) is 8.74. The van der Waals surface area contributed by atoms with E-state index >= 15 is 0 Å². The molecule has 0 aliphatic heterocycles. The quantitative estimate of drug-likeness (QED) is 0.714. The molecule has 8 heteroatoms. The molecule has 0 spiro atoms. The molecule has 0 aromatic carbocycles. The number of hydrogen-bond acceptors (Lipinski definition) is 5. The van der Waals surface area contributed by atoms with Crippen molar-refractivity contribution in [2.75, 3.05) is 5.32 Å². The number of aromatic amines is 1. The molecular weight excluding hydrogens is 338 g/mol. The third-order valence-corrected chi connectivity index (χ3v) is 4.49. The van der Waals surface area contributed by atoms with Gasteiger partial charge < -0.3 is 5.32 Å². The third kappa shape index (κ3) is 2.21. The zero-order chi connectivity index (χ0) is 12.5. The van der Waals surface area contributed by atoms with Crippen LogP contribution in [-0.2, 0) is 6.54 Å². The van der Waals surface area contributed by atoms with Gasteiger partial charge in [0, 0.05) is 9.35 Å². The Hall–Kier alpha value is -1.18. The highest BCUT2D eigenvalue weighted by Crippen LogP contribution is 2.25. The van der Waals surface area contributed by atoms with Gasteiger partial charge in [0.1, 0.15) is 5.82 Å². The maximum Gasteiger partial charge on any atom is 0.226 e. The van der Waals surface area contributed by atoms with Gasteiger partial charge in [-0.15, -0.1) is 11.3 Å². The van der Waals surface area contributed by atoms with E-state index in [0.29, 0.717) is 18.0 Å². The van der Waals surface area contributed by atoms with Gasteiger partial charge in [0.05, 0.1) is 18.1 Å². The number of halogens is 2. The summed E-state index contributed by atoms with van der Waals surface area (Å²) < 4.78 is 1.09. The highest BCUT2D eigenvalue weighted by atomic mass is 79.9. The molecule has 0 fully saturated rings. The summed E-state index contributed by atoms with van der Waals surface area (Å²) in [5.41, 5.74) is 0.628. The molecule has 3 aromatic heterocycles. The molecular formula is C10H7BrClN5S. The molecule has 3 heterocycles. The molecule has 0 aliphatic rings. The summed E-state index contributed by atoms with van der Waals surface area (Å²) in [6, 6.07) is 2.02. The number of nitrogens with one attached hydrogen (secondary N) is 2. The van der Waals surface area contributed by atoms with Crippen LogP contribution in [0.1, 0.15) is 4.88 Å². The van der Waals surface area contributed by atoms with Crippen molar-refractivity contribution >= 4 is 55.7 Å². The Morgan fingerprint density at radius 3 is 3.11 bits per heavy atom. The van der Waals surface area contributed by atoms with Crippen LogP contribution < -0.4 is 5.32 Å². The number of anilines is 1. The van der Waals surface area contributed by atoms with E-state index in [-0.39, 0.29) is 5.28 Å². The zero-order valence-corrected chi connectivity index (χ0v) is 12.1. The van der Waals surface area contributed by atoms with Gasteiger partial charge in [-0.25, -0.2) is 0 Å². The summed E-state index contributed by atoms with van der Waals surface area (Å²) in [5, 5.41) is 13.0. The van der Waals surface area contributed by atoms with E-state index in [0.717, 1.165) is 9.86 Å². The topological polar surface area (TPSA) is 66.5 Å². The largest absolute Gasteiger partial charge is 0.364 e. The molecule has 0 saturated carbocycles. The average molecular weight is 345 g/mol. The lowest BCUT2D eigenvalue weighted by Crippen LogP contribution is -2.01. The van der Waals surface area contributed by atoms with Crippen LogP contribution in [-0.4, -0.2) is 20.2 Å². The summed E-state index contributed by atoms with van der Waals surface area (Å²) in [7, 11) is 0. The van der Waals surface area contributed by atoms with Crippen molar-refractivity contribution < 1.29 is 0 Å². The molecule has 3 aromatic rings. The van der Waals surface area contributed by atoms with Crippen LogP contribution in [0.4, 0.5) is 5.82 Å². The molecule has 0 unspecified atom stereocenters. The fourth-order valence-corrected chi connectivity index (χ4v) is 3.16. The SMILES string of the molecule is Clc1nc(NCc2sccc2Br)c2cn[nH]c2n1. The minimum atomic E-state index is 0.194. The summed E-state index contributed by atoms with van der Waals surface area (Å²) in [6.45, 7) is 0.672. The minimum absolute atomic E-state index is 0.194. The Bertz CT molecular complexity index is 694. The van der Waals surface area contributed by atoms with Gasteiger partial charge in [0.25, 0.3) is 0 Å². The van der Waals surface area contributed by atoms with Crippen LogP contribution in [0.5, 0.6) is 0 Å². The Morgan fingerprint density at radius 1 is 1.44 bits per heavy atom. The smallest absolute Gasteiger partial charge is 0.226 e. The highest BCUT2D eigenvalue weighted by Gasteiger charge is 2.09. The number of fused-ring (bicyclic) bond motifs is 1. The maximum absolute atomic E-state index is 5.86. The zero-order valence-electron chi connectivity index (χ0n) is 8.94.